The maximum atomic E-state index is 13.4. The predicted octanol–water partition coefficient (Wildman–Crippen LogP) is 4.98. The Hall–Kier alpha value is -4.00. The van der Waals surface area contributed by atoms with Crippen LogP contribution in [0.3, 0.4) is 0 Å². The first kappa shape index (κ1) is 25.1. The zero-order valence-corrected chi connectivity index (χ0v) is 21.1. The van der Waals surface area contributed by atoms with Crippen LogP contribution in [0.5, 0.6) is 0 Å². The molecule has 0 radical (unpaired) electrons. The maximum absolute atomic E-state index is 13.4. The fourth-order valence-electron chi connectivity index (χ4n) is 3.74. The number of aromatic nitrogens is 1. The fraction of sp³-hybridized carbons (Fsp3) is 0.310. The van der Waals surface area contributed by atoms with E-state index in [1.54, 1.807) is 48.8 Å². The second kappa shape index (κ2) is 10.3. The van der Waals surface area contributed by atoms with E-state index in [0.29, 0.717) is 34.5 Å². The highest BCUT2D eigenvalue weighted by molar-refractivity contribution is 6.11. The highest BCUT2D eigenvalue weighted by Gasteiger charge is 2.25. The van der Waals surface area contributed by atoms with E-state index in [9.17, 15) is 14.4 Å². The molecule has 2 aromatic carbocycles. The molecule has 1 heterocycles. The molecule has 3 N–H and O–H groups in total. The molecule has 0 spiro atoms. The quantitative estimate of drug-likeness (QED) is 0.440. The van der Waals surface area contributed by atoms with Gasteiger partial charge in [0.05, 0.1) is 11.9 Å². The number of nitrogens with zero attached hydrogens (tertiary/aromatic N) is 1. The van der Waals surface area contributed by atoms with Crippen LogP contribution < -0.4 is 16.0 Å². The first-order valence-corrected chi connectivity index (χ1v) is 12.2. The van der Waals surface area contributed by atoms with E-state index in [1.807, 2.05) is 39.8 Å². The Morgan fingerprint density at radius 2 is 1.64 bits per heavy atom. The normalized spacial score (nSPS) is 13.1. The van der Waals surface area contributed by atoms with E-state index in [1.165, 1.54) is 0 Å². The highest BCUT2D eigenvalue weighted by atomic mass is 16.2. The molecule has 186 valence electrons. The molecule has 1 saturated carbocycles. The Bertz CT molecular complexity index is 1290. The van der Waals surface area contributed by atoms with Crippen LogP contribution in [0.2, 0.25) is 0 Å². The molecule has 7 nitrogen and oxygen atoms in total. The number of pyridine rings is 1. The number of hydrogen-bond acceptors (Lipinski definition) is 4. The van der Waals surface area contributed by atoms with Gasteiger partial charge in [0, 0.05) is 35.5 Å². The molecule has 0 atom stereocenters. The average Bonchev–Trinajstić information content (AvgIpc) is 3.66. The first-order valence-electron chi connectivity index (χ1n) is 12.2. The van der Waals surface area contributed by atoms with E-state index in [0.717, 1.165) is 24.0 Å². The van der Waals surface area contributed by atoms with E-state index in [-0.39, 0.29) is 29.2 Å². The van der Waals surface area contributed by atoms with Gasteiger partial charge in [0.15, 0.2) is 0 Å². The molecular weight excluding hydrogens is 452 g/mol. The summed E-state index contributed by atoms with van der Waals surface area (Å²) in [5.41, 5.74) is 4.05. The summed E-state index contributed by atoms with van der Waals surface area (Å²) >= 11 is 0. The van der Waals surface area contributed by atoms with Crippen LogP contribution in [0.25, 0.3) is 11.1 Å². The standard InChI is InChI=1S/C29H32N4O3/c1-18-7-8-20(27(35)32-21-10-11-21)14-24(18)23-12-9-19(26(34)31-17-29(2,3)4)15-25(23)28(36)33-22-6-5-13-30-16-22/h5-9,12-16,21H,10-11,17H2,1-4H3,(H,31,34)(H,32,35)(H,33,36). The largest absolute Gasteiger partial charge is 0.352 e. The van der Waals surface area contributed by atoms with E-state index >= 15 is 0 Å². The summed E-state index contributed by atoms with van der Waals surface area (Å²) in [6, 6.07) is 14.3. The zero-order chi connectivity index (χ0) is 25.9. The topological polar surface area (TPSA) is 100 Å². The number of aryl methyl sites for hydroxylation is 1. The average molecular weight is 485 g/mol. The fourth-order valence-corrected chi connectivity index (χ4v) is 3.74. The molecule has 7 heteroatoms. The Morgan fingerprint density at radius 1 is 0.917 bits per heavy atom. The van der Waals surface area contributed by atoms with Gasteiger partial charge in [-0.1, -0.05) is 32.9 Å². The van der Waals surface area contributed by atoms with Gasteiger partial charge < -0.3 is 16.0 Å². The van der Waals surface area contributed by atoms with Crippen molar-refractivity contribution in [3.63, 3.8) is 0 Å². The van der Waals surface area contributed by atoms with E-state index in [4.69, 9.17) is 0 Å². The summed E-state index contributed by atoms with van der Waals surface area (Å²) < 4.78 is 0. The number of anilines is 1. The highest BCUT2D eigenvalue weighted by Crippen LogP contribution is 2.30. The van der Waals surface area contributed by atoms with Gasteiger partial charge in [-0.25, -0.2) is 0 Å². The molecule has 1 fully saturated rings. The van der Waals surface area contributed by atoms with Gasteiger partial charge in [-0.05, 0) is 78.3 Å². The zero-order valence-electron chi connectivity index (χ0n) is 21.1. The molecule has 1 aliphatic carbocycles. The lowest BCUT2D eigenvalue weighted by Crippen LogP contribution is -2.32. The molecule has 0 aliphatic heterocycles. The summed E-state index contributed by atoms with van der Waals surface area (Å²) in [6.45, 7) is 8.56. The lowest BCUT2D eigenvalue weighted by Gasteiger charge is -2.19. The molecular formula is C29H32N4O3. The monoisotopic (exact) mass is 484 g/mol. The van der Waals surface area contributed by atoms with Crippen molar-refractivity contribution < 1.29 is 14.4 Å². The molecule has 0 unspecified atom stereocenters. The third-order valence-corrected chi connectivity index (χ3v) is 5.93. The van der Waals surface area contributed by atoms with Crippen LogP contribution in [-0.2, 0) is 0 Å². The summed E-state index contributed by atoms with van der Waals surface area (Å²) in [6.07, 6.45) is 5.19. The first-order chi connectivity index (χ1) is 17.1. The maximum Gasteiger partial charge on any atom is 0.256 e. The van der Waals surface area contributed by atoms with Gasteiger partial charge in [0.2, 0.25) is 0 Å². The van der Waals surface area contributed by atoms with Gasteiger partial charge in [-0.2, -0.15) is 0 Å². The number of hydrogen-bond donors (Lipinski definition) is 3. The molecule has 1 aromatic heterocycles. The number of carbonyl (C=O) groups is 3. The second-order valence-corrected chi connectivity index (χ2v) is 10.5. The minimum atomic E-state index is -0.365. The van der Waals surface area contributed by atoms with E-state index < -0.39 is 0 Å². The minimum Gasteiger partial charge on any atom is -0.352 e. The molecule has 4 rings (SSSR count). The van der Waals surface area contributed by atoms with Gasteiger partial charge >= 0.3 is 0 Å². The Morgan fingerprint density at radius 3 is 2.31 bits per heavy atom. The predicted molar refractivity (Wildman–Crippen MR) is 141 cm³/mol. The van der Waals surface area contributed by atoms with Crippen LogP contribution in [0.4, 0.5) is 5.69 Å². The van der Waals surface area contributed by atoms with E-state index in [2.05, 4.69) is 20.9 Å². The van der Waals surface area contributed by atoms with Gasteiger partial charge in [-0.3, -0.25) is 19.4 Å². The second-order valence-electron chi connectivity index (χ2n) is 10.5. The van der Waals surface area contributed by atoms with Crippen molar-refractivity contribution >= 4 is 23.4 Å². The Kier molecular flexibility index (Phi) is 7.20. The van der Waals surface area contributed by atoms with Crippen molar-refractivity contribution in [2.45, 2.75) is 46.6 Å². The summed E-state index contributed by atoms with van der Waals surface area (Å²) in [4.78, 5) is 43.1. The summed E-state index contributed by atoms with van der Waals surface area (Å²) in [5.74, 6) is -0.741. The minimum absolute atomic E-state index is 0.0747. The summed E-state index contributed by atoms with van der Waals surface area (Å²) in [7, 11) is 0. The van der Waals surface area contributed by atoms with Crippen molar-refractivity contribution in [2.24, 2.45) is 5.41 Å². The summed E-state index contributed by atoms with van der Waals surface area (Å²) in [5, 5.41) is 8.82. The van der Waals surface area contributed by atoms with Crippen molar-refractivity contribution in [1.29, 1.82) is 0 Å². The number of rotatable bonds is 7. The molecule has 36 heavy (non-hydrogen) atoms. The van der Waals surface area contributed by atoms with Gasteiger partial charge in [0.25, 0.3) is 17.7 Å². The van der Waals surface area contributed by atoms with Crippen LogP contribution in [0, 0.1) is 12.3 Å². The third kappa shape index (κ3) is 6.36. The molecule has 0 bridgehead atoms. The number of benzene rings is 2. The lowest BCUT2D eigenvalue weighted by atomic mass is 9.92. The number of carbonyl (C=O) groups excluding carboxylic acids is 3. The smallest absolute Gasteiger partial charge is 0.256 e. The van der Waals surface area contributed by atoms with Crippen molar-refractivity contribution in [3.05, 3.63) is 83.2 Å². The molecule has 0 saturated heterocycles. The SMILES string of the molecule is Cc1ccc(C(=O)NC2CC2)cc1-c1ccc(C(=O)NCC(C)(C)C)cc1C(=O)Nc1cccnc1. The molecule has 3 aromatic rings. The van der Waals surface area contributed by atoms with Gasteiger partial charge in [-0.15, -0.1) is 0 Å². The van der Waals surface area contributed by atoms with Crippen molar-refractivity contribution in [2.75, 3.05) is 11.9 Å². The number of amides is 3. The number of nitrogens with one attached hydrogen (secondary N) is 3. The van der Waals surface area contributed by atoms with Crippen LogP contribution in [-0.4, -0.2) is 35.3 Å². The van der Waals surface area contributed by atoms with Gasteiger partial charge in [0.1, 0.15) is 0 Å². The van der Waals surface area contributed by atoms with Crippen molar-refractivity contribution in [3.8, 4) is 11.1 Å². The molecule has 3 amide bonds. The van der Waals surface area contributed by atoms with Crippen LogP contribution in [0.15, 0.2) is 60.9 Å². The lowest BCUT2D eigenvalue weighted by molar-refractivity contribution is 0.0935. The Labute approximate surface area is 211 Å². The molecule has 1 aliphatic rings. The Balaban J connectivity index is 1.72. The van der Waals surface area contributed by atoms with Crippen molar-refractivity contribution in [1.82, 2.24) is 15.6 Å². The third-order valence-electron chi connectivity index (χ3n) is 5.93. The van der Waals surface area contributed by atoms with Crippen LogP contribution in [0.1, 0.15) is 70.3 Å². The van der Waals surface area contributed by atoms with Crippen LogP contribution >= 0.6 is 0 Å².